The Morgan fingerprint density at radius 2 is 2.04 bits per heavy atom. The Balaban J connectivity index is 1.66. The van der Waals surface area contributed by atoms with Crippen LogP contribution in [0.5, 0.6) is 5.75 Å². The molecule has 1 fully saturated rings. The van der Waals surface area contributed by atoms with E-state index in [1.165, 1.54) is 0 Å². The zero-order valence-electron chi connectivity index (χ0n) is 16.9. The number of carbonyl (C=O) groups excluding carboxylic acids is 2. The van der Waals surface area contributed by atoms with Crippen LogP contribution < -0.4 is 19.9 Å². The minimum atomic E-state index is -0.366. The minimum Gasteiger partial charge on any atom is -0.495 e. The van der Waals surface area contributed by atoms with Crippen molar-refractivity contribution in [2.24, 2.45) is 5.92 Å². The monoisotopic (exact) mass is 381 g/mol. The molecule has 1 unspecified atom stereocenters. The van der Waals surface area contributed by atoms with Crippen LogP contribution in [0.4, 0.5) is 11.4 Å². The van der Waals surface area contributed by atoms with Crippen molar-refractivity contribution in [2.45, 2.75) is 19.9 Å². The molecule has 0 saturated carbocycles. The Hall–Kier alpha value is -3.02. The maximum absolute atomic E-state index is 12.6. The van der Waals surface area contributed by atoms with Gasteiger partial charge in [-0.1, -0.05) is 18.2 Å². The van der Waals surface area contributed by atoms with Gasteiger partial charge in [0.05, 0.1) is 18.7 Å². The lowest BCUT2D eigenvalue weighted by Crippen LogP contribution is -2.32. The van der Waals surface area contributed by atoms with Crippen molar-refractivity contribution in [3.05, 3.63) is 53.6 Å². The molecular formula is C22H27N3O3. The summed E-state index contributed by atoms with van der Waals surface area (Å²) in [6, 6.07) is 13.7. The van der Waals surface area contributed by atoms with E-state index in [4.69, 9.17) is 4.74 Å². The Morgan fingerprint density at radius 1 is 1.25 bits per heavy atom. The third-order valence-corrected chi connectivity index (χ3v) is 5.01. The lowest BCUT2D eigenvalue weighted by atomic mass is 10.1. The van der Waals surface area contributed by atoms with E-state index in [9.17, 15) is 9.59 Å². The number of aryl methyl sites for hydroxylation is 1. The smallest absolute Gasteiger partial charge is 0.227 e. The Labute approximate surface area is 166 Å². The Morgan fingerprint density at radius 3 is 2.75 bits per heavy atom. The molecule has 0 bridgehead atoms. The summed E-state index contributed by atoms with van der Waals surface area (Å²) in [7, 11) is 5.55. The Bertz CT molecular complexity index is 879. The molecule has 1 aliphatic heterocycles. The normalized spacial score (nSPS) is 16.2. The van der Waals surface area contributed by atoms with E-state index < -0.39 is 0 Å². The highest BCUT2D eigenvalue weighted by Crippen LogP contribution is 2.34. The van der Waals surface area contributed by atoms with Crippen molar-refractivity contribution in [1.82, 2.24) is 5.32 Å². The van der Waals surface area contributed by atoms with Crippen molar-refractivity contribution in [1.29, 1.82) is 0 Å². The molecule has 1 heterocycles. The van der Waals surface area contributed by atoms with Crippen molar-refractivity contribution in [3.63, 3.8) is 0 Å². The van der Waals surface area contributed by atoms with Crippen LogP contribution in [-0.2, 0) is 16.1 Å². The molecule has 6 heteroatoms. The highest BCUT2D eigenvalue weighted by molar-refractivity contribution is 6.01. The molecule has 0 aliphatic carbocycles. The first-order valence-corrected chi connectivity index (χ1v) is 9.38. The number of nitrogens with one attached hydrogen (secondary N) is 1. The predicted molar refractivity (Wildman–Crippen MR) is 111 cm³/mol. The van der Waals surface area contributed by atoms with Crippen LogP contribution in [0.3, 0.4) is 0 Å². The largest absolute Gasteiger partial charge is 0.495 e. The average molecular weight is 381 g/mol. The van der Waals surface area contributed by atoms with Gasteiger partial charge in [-0.15, -0.1) is 0 Å². The fourth-order valence-electron chi connectivity index (χ4n) is 3.41. The van der Waals surface area contributed by atoms with E-state index in [1.54, 1.807) is 12.0 Å². The van der Waals surface area contributed by atoms with Gasteiger partial charge in [0.2, 0.25) is 11.8 Å². The number of anilines is 2. The number of hydrogen-bond donors (Lipinski definition) is 1. The number of ether oxygens (including phenoxy) is 1. The van der Waals surface area contributed by atoms with E-state index in [-0.39, 0.29) is 24.2 Å². The molecule has 2 aromatic rings. The summed E-state index contributed by atoms with van der Waals surface area (Å²) in [5, 5.41) is 2.97. The molecule has 2 amide bonds. The van der Waals surface area contributed by atoms with Gasteiger partial charge in [0.15, 0.2) is 0 Å². The summed E-state index contributed by atoms with van der Waals surface area (Å²) in [5.74, 6) is 0.117. The van der Waals surface area contributed by atoms with Gasteiger partial charge in [-0.2, -0.15) is 0 Å². The second-order valence-electron chi connectivity index (χ2n) is 7.36. The summed E-state index contributed by atoms with van der Waals surface area (Å²) in [5.41, 5.74) is 3.88. The highest BCUT2D eigenvalue weighted by atomic mass is 16.5. The lowest BCUT2D eigenvalue weighted by molar-refractivity contribution is -0.126. The number of amides is 2. The van der Waals surface area contributed by atoms with Crippen LogP contribution in [0.25, 0.3) is 0 Å². The lowest BCUT2D eigenvalue weighted by Gasteiger charge is -2.20. The summed E-state index contributed by atoms with van der Waals surface area (Å²) in [6.45, 7) is 2.77. The molecule has 1 saturated heterocycles. The fraction of sp³-hybridized carbons (Fsp3) is 0.364. The first kappa shape index (κ1) is 19.7. The second-order valence-corrected chi connectivity index (χ2v) is 7.36. The van der Waals surface area contributed by atoms with Crippen LogP contribution in [0, 0.1) is 12.8 Å². The number of nitrogens with zero attached hydrogens (tertiary/aromatic N) is 2. The third kappa shape index (κ3) is 4.27. The fourth-order valence-corrected chi connectivity index (χ4v) is 3.41. The van der Waals surface area contributed by atoms with Crippen molar-refractivity contribution >= 4 is 23.2 Å². The number of benzene rings is 2. The van der Waals surface area contributed by atoms with Gasteiger partial charge in [-0.3, -0.25) is 9.59 Å². The quantitative estimate of drug-likeness (QED) is 0.836. The van der Waals surface area contributed by atoms with Gasteiger partial charge >= 0.3 is 0 Å². The van der Waals surface area contributed by atoms with E-state index in [1.807, 2.05) is 68.4 Å². The summed E-state index contributed by atoms with van der Waals surface area (Å²) < 4.78 is 5.39. The summed E-state index contributed by atoms with van der Waals surface area (Å²) in [4.78, 5) is 28.9. The SMILES string of the molecule is COc1ccc(C)cc1N1CC(C(=O)NCc2cccc(N(C)C)c2)CC1=O. The van der Waals surface area contributed by atoms with Gasteiger partial charge in [-0.05, 0) is 42.3 Å². The average Bonchev–Trinajstić information content (AvgIpc) is 3.08. The number of hydrogen-bond acceptors (Lipinski definition) is 4. The number of rotatable bonds is 6. The standard InChI is InChI=1S/C22H27N3O3/c1-15-8-9-20(28-4)19(10-15)25-14-17(12-21(25)26)22(27)23-13-16-6-5-7-18(11-16)24(2)3/h5-11,17H,12-14H2,1-4H3,(H,23,27). The van der Waals surface area contributed by atoms with E-state index in [0.29, 0.717) is 18.8 Å². The second kappa shape index (κ2) is 8.33. The maximum Gasteiger partial charge on any atom is 0.227 e. The molecule has 0 radical (unpaired) electrons. The summed E-state index contributed by atoms with van der Waals surface area (Å²) in [6.07, 6.45) is 0.209. The molecule has 1 aliphatic rings. The minimum absolute atomic E-state index is 0.0568. The van der Waals surface area contributed by atoms with Gasteiger partial charge < -0.3 is 19.9 Å². The number of methoxy groups -OCH3 is 1. The van der Waals surface area contributed by atoms with Crippen molar-refractivity contribution in [3.8, 4) is 5.75 Å². The van der Waals surface area contributed by atoms with Crippen LogP contribution in [0.1, 0.15) is 17.5 Å². The number of carbonyl (C=O) groups is 2. The molecule has 28 heavy (non-hydrogen) atoms. The highest BCUT2D eigenvalue weighted by Gasteiger charge is 2.36. The van der Waals surface area contributed by atoms with Gasteiger partial charge in [-0.25, -0.2) is 0 Å². The van der Waals surface area contributed by atoms with Crippen LogP contribution in [0.2, 0.25) is 0 Å². The molecule has 0 aromatic heterocycles. The van der Waals surface area contributed by atoms with E-state index in [2.05, 4.69) is 5.32 Å². The molecule has 2 aromatic carbocycles. The van der Waals surface area contributed by atoms with E-state index >= 15 is 0 Å². The molecule has 1 N–H and O–H groups in total. The topological polar surface area (TPSA) is 61.9 Å². The molecule has 3 rings (SSSR count). The van der Waals surface area contributed by atoms with Crippen molar-refractivity contribution < 1.29 is 14.3 Å². The molecule has 1 atom stereocenters. The van der Waals surface area contributed by atoms with Gasteiger partial charge in [0, 0.05) is 39.3 Å². The van der Waals surface area contributed by atoms with E-state index in [0.717, 1.165) is 22.5 Å². The van der Waals surface area contributed by atoms with Gasteiger partial charge in [0.25, 0.3) is 0 Å². The van der Waals surface area contributed by atoms with Crippen LogP contribution >= 0.6 is 0 Å². The predicted octanol–water partition coefficient (Wildman–Crippen LogP) is 2.74. The zero-order chi connectivity index (χ0) is 20.3. The molecule has 6 nitrogen and oxygen atoms in total. The first-order chi connectivity index (χ1) is 13.4. The zero-order valence-corrected chi connectivity index (χ0v) is 16.9. The summed E-state index contributed by atoms with van der Waals surface area (Å²) >= 11 is 0. The molecule has 148 valence electrons. The molecule has 0 spiro atoms. The van der Waals surface area contributed by atoms with Gasteiger partial charge in [0.1, 0.15) is 5.75 Å². The Kier molecular flexibility index (Phi) is 5.87. The third-order valence-electron chi connectivity index (χ3n) is 5.01. The molecular weight excluding hydrogens is 354 g/mol. The first-order valence-electron chi connectivity index (χ1n) is 9.38. The van der Waals surface area contributed by atoms with Crippen molar-refractivity contribution in [2.75, 3.05) is 37.5 Å². The van der Waals surface area contributed by atoms with Crippen LogP contribution in [0.15, 0.2) is 42.5 Å². The van der Waals surface area contributed by atoms with Crippen LogP contribution in [-0.4, -0.2) is 39.6 Å². The maximum atomic E-state index is 12.6.